The first-order valence-electron chi connectivity index (χ1n) is 3.64. The highest BCUT2D eigenvalue weighted by molar-refractivity contribution is 5.98. The van der Waals surface area contributed by atoms with Crippen LogP contribution in [0.25, 0.3) is 0 Å². The summed E-state index contributed by atoms with van der Waals surface area (Å²) in [6.07, 6.45) is 3.11. The quantitative estimate of drug-likeness (QED) is 0.649. The number of carbonyl (C=O) groups excluding carboxylic acids is 1. The Labute approximate surface area is 70.7 Å². The van der Waals surface area contributed by atoms with Gasteiger partial charge in [-0.15, -0.1) is 0 Å². The molecule has 0 fully saturated rings. The third kappa shape index (κ3) is 2.57. The lowest BCUT2D eigenvalue weighted by atomic mass is 10.3. The summed E-state index contributed by atoms with van der Waals surface area (Å²) in [6, 6.07) is 1.69. The molecule has 1 aromatic heterocycles. The third-order valence-corrected chi connectivity index (χ3v) is 1.18. The summed E-state index contributed by atoms with van der Waals surface area (Å²) < 4.78 is 0. The molecule has 0 unspecified atom stereocenters. The molecule has 0 bridgehead atoms. The molecule has 0 spiro atoms. The molecule has 0 aromatic carbocycles. The molecular weight excluding hydrogens is 154 g/mol. The number of rotatable bonds is 2. The lowest BCUT2D eigenvalue weighted by Gasteiger charge is -1.96. The van der Waals surface area contributed by atoms with Crippen LogP contribution in [-0.4, -0.2) is 16.1 Å². The minimum absolute atomic E-state index is 0.140. The normalized spacial score (nSPS) is 9.17. The Morgan fingerprint density at radius 2 is 2.42 bits per heavy atom. The molecule has 0 aliphatic carbocycles. The molecule has 0 saturated heterocycles. The Hall–Kier alpha value is -1.58. The zero-order valence-corrected chi connectivity index (χ0v) is 7.09. The van der Waals surface area contributed by atoms with E-state index in [0.29, 0.717) is 5.82 Å². The van der Waals surface area contributed by atoms with Gasteiger partial charge in [0.1, 0.15) is 5.82 Å². The Kier molecular flexibility index (Phi) is 2.63. The predicted molar refractivity (Wildman–Crippen MR) is 46.6 cm³/mol. The first kappa shape index (κ1) is 8.52. The number of allylic oxidation sites excluding steroid dienone is 1. The molecule has 4 nitrogen and oxygen atoms in total. The second-order valence-electron chi connectivity index (χ2n) is 2.68. The fourth-order valence-corrected chi connectivity index (χ4v) is 0.757. The smallest absolute Gasteiger partial charge is 0.249 e. The molecule has 1 amide bonds. The Bertz CT molecular complexity index is 283. The van der Waals surface area contributed by atoms with Crippen molar-refractivity contribution in [2.45, 2.75) is 13.8 Å². The summed E-state index contributed by atoms with van der Waals surface area (Å²) in [4.78, 5) is 11.1. The van der Waals surface area contributed by atoms with E-state index in [9.17, 15) is 4.79 Å². The minimum atomic E-state index is -0.140. The number of nitrogens with zero attached hydrogens (tertiary/aromatic N) is 1. The van der Waals surface area contributed by atoms with Crippen LogP contribution in [-0.2, 0) is 4.79 Å². The number of aromatic amines is 1. The number of H-pyrrole nitrogens is 1. The van der Waals surface area contributed by atoms with Gasteiger partial charge in [0.25, 0.3) is 0 Å². The van der Waals surface area contributed by atoms with E-state index in [2.05, 4.69) is 15.5 Å². The Morgan fingerprint density at radius 1 is 1.67 bits per heavy atom. The van der Waals surface area contributed by atoms with Crippen molar-refractivity contribution in [1.29, 1.82) is 0 Å². The molecule has 0 aliphatic rings. The number of hydrogen-bond donors (Lipinski definition) is 2. The Balaban J connectivity index is 2.54. The zero-order valence-electron chi connectivity index (χ0n) is 7.09. The molecule has 12 heavy (non-hydrogen) atoms. The maximum absolute atomic E-state index is 11.1. The summed E-state index contributed by atoms with van der Waals surface area (Å²) in [7, 11) is 0. The van der Waals surface area contributed by atoms with Crippen molar-refractivity contribution >= 4 is 11.7 Å². The highest BCUT2D eigenvalue weighted by Crippen LogP contribution is 1.99. The lowest BCUT2D eigenvalue weighted by Crippen LogP contribution is -2.08. The standard InChI is InChI=1S/C8H11N3O/c1-6(2)5-8(12)10-7-3-4-9-11-7/h3-5H,1-2H3,(H2,9,10,11,12). The molecule has 1 rings (SSSR count). The molecule has 4 heteroatoms. The predicted octanol–water partition coefficient (Wildman–Crippen LogP) is 1.31. The minimum Gasteiger partial charge on any atom is -0.307 e. The summed E-state index contributed by atoms with van der Waals surface area (Å²) in [5, 5.41) is 8.94. The van der Waals surface area contributed by atoms with Gasteiger partial charge in [0.2, 0.25) is 5.91 Å². The van der Waals surface area contributed by atoms with Crippen LogP contribution >= 0.6 is 0 Å². The van der Waals surface area contributed by atoms with Gasteiger partial charge in [-0.3, -0.25) is 9.89 Å². The van der Waals surface area contributed by atoms with E-state index < -0.39 is 0 Å². The fourth-order valence-electron chi connectivity index (χ4n) is 0.757. The van der Waals surface area contributed by atoms with Crippen LogP contribution in [0.5, 0.6) is 0 Å². The van der Waals surface area contributed by atoms with E-state index in [1.54, 1.807) is 12.3 Å². The molecular formula is C8H11N3O. The number of aromatic nitrogens is 2. The van der Waals surface area contributed by atoms with Crippen LogP contribution in [0, 0.1) is 0 Å². The molecule has 0 aliphatic heterocycles. The Morgan fingerprint density at radius 3 is 2.92 bits per heavy atom. The summed E-state index contributed by atoms with van der Waals surface area (Å²) in [6.45, 7) is 3.74. The molecule has 1 aromatic rings. The summed E-state index contributed by atoms with van der Waals surface area (Å²) >= 11 is 0. The monoisotopic (exact) mass is 165 g/mol. The van der Waals surface area contributed by atoms with Crippen LogP contribution < -0.4 is 5.32 Å². The first-order valence-corrected chi connectivity index (χ1v) is 3.64. The van der Waals surface area contributed by atoms with Crippen molar-refractivity contribution in [3.05, 3.63) is 23.9 Å². The molecule has 0 saturated carbocycles. The zero-order chi connectivity index (χ0) is 8.97. The molecule has 64 valence electrons. The van der Waals surface area contributed by atoms with E-state index in [1.807, 2.05) is 13.8 Å². The average molecular weight is 165 g/mol. The van der Waals surface area contributed by atoms with Gasteiger partial charge in [-0.2, -0.15) is 5.10 Å². The second kappa shape index (κ2) is 3.71. The molecule has 1 heterocycles. The van der Waals surface area contributed by atoms with Crippen molar-refractivity contribution in [3.8, 4) is 0 Å². The second-order valence-corrected chi connectivity index (χ2v) is 2.68. The van der Waals surface area contributed by atoms with Crippen molar-refractivity contribution in [1.82, 2.24) is 10.2 Å². The average Bonchev–Trinajstić information content (AvgIpc) is 2.37. The van der Waals surface area contributed by atoms with Crippen molar-refractivity contribution in [2.75, 3.05) is 5.32 Å². The van der Waals surface area contributed by atoms with E-state index >= 15 is 0 Å². The van der Waals surface area contributed by atoms with Crippen LogP contribution in [0.4, 0.5) is 5.82 Å². The molecule has 2 N–H and O–H groups in total. The van der Waals surface area contributed by atoms with Gasteiger partial charge in [0, 0.05) is 12.1 Å². The number of amides is 1. The van der Waals surface area contributed by atoms with E-state index in [-0.39, 0.29) is 5.91 Å². The van der Waals surface area contributed by atoms with Gasteiger partial charge in [0.15, 0.2) is 0 Å². The maximum atomic E-state index is 11.1. The van der Waals surface area contributed by atoms with Gasteiger partial charge in [0.05, 0.1) is 6.20 Å². The maximum Gasteiger partial charge on any atom is 0.249 e. The fraction of sp³-hybridized carbons (Fsp3) is 0.250. The molecule has 0 radical (unpaired) electrons. The van der Waals surface area contributed by atoms with Crippen LogP contribution in [0.15, 0.2) is 23.9 Å². The van der Waals surface area contributed by atoms with Gasteiger partial charge < -0.3 is 5.32 Å². The van der Waals surface area contributed by atoms with Gasteiger partial charge in [-0.05, 0) is 13.8 Å². The van der Waals surface area contributed by atoms with Gasteiger partial charge >= 0.3 is 0 Å². The van der Waals surface area contributed by atoms with Crippen LogP contribution in [0.2, 0.25) is 0 Å². The SMILES string of the molecule is CC(C)=CC(=O)Nc1ccn[nH]1. The molecule has 0 atom stereocenters. The van der Waals surface area contributed by atoms with Crippen LogP contribution in [0.3, 0.4) is 0 Å². The number of nitrogens with one attached hydrogen (secondary N) is 2. The number of anilines is 1. The topological polar surface area (TPSA) is 57.8 Å². The highest BCUT2D eigenvalue weighted by Gasteiger charge is 1.97. The third-order valence-electron chi connectivity index (χ3n) is 1.18. The largest absolute Gasteiger partial charge is 0.307 e. The van der Waals surface area contributed by atoms with Gasteiger partial charge in [-0.25, -0.2) is 0 Å². The highest BCUT2D eigenvalue weighted by atomic mass is 16.1. The first-order chi connectivity index (χ1) is 5.68. The summed E-state index contributed by atoms with van der Waals surface area (Å²) in [5.74, 6) is 0.469. The van der Waals surface area contributed by atoms with Crippen LogP contribution in [0.1, 0.15) is 13.8 Å². The number of hydrogen-bond acceptors (Lipinski definition) is 2. The van der Waals surface area contributed by atoms with Crippen molar-refractivity contribution in [2.24, 2.45) is 0 Å². The lowest BCUT2D eigenvalue weighted by molar-refractivity contribution is -0.112. The summed E-state index contributed by atoms with van der Waals surface area (Å²) in [5.41, 5.74) is 0.965. The van der Waals surface area contributed by atoms with E-state index in [0.717, 1.165) is 5.57 Å². The van der Waals surface area contributed by atoms with E-state index in [1.165, 1.54) is 6.08 Å². The van der Waals surface area contributed by atoms with Crippen molar-refractivity contribution < 1.29 is 4.79 Å². The van der Waals surface area contributed by atoms with Gasteiger partial charge in [-0.1, -0.05) is 5.57 Å². The van der Waals surface area contributed by atoms with E-state index in [4.69, 9.17) is 0 Å². The van der Waals surface area contributed by atoms with Crippen molar-refractivity contribution in [3.63, 3.8) is 0 Å². The number of carbonyl (C=O) groups is 1.